The quantitative estimate of drug-likeness (QED) is 0.864. The Hall–Kier alpha value is -1.41. The van der Waals surface area contributed by atoms with E-state index in [9.17, 15) is 13.2 Å². The molecule has 1 N–H and O–H groups in total. The van der Waals surface area contributed by atoms with Gasteiger partial charge in [0.15, 0.2) is 5.03 Å². The third kappa shape index (κ3) is 3.13. The smallest absolute Gasteiger partial charge is 0.323 e. The third-order valence-electron chi connectivity index (χ3n) is 3.27. The molecule has 0 aliphatic carbocycles. The fraction of sp³-hybridized carbons (Fsp3) is 0.636. The van der Waals surface area contributed by atoms with Crippen molar-refractivity contribution in [2.45, 2.75) is 31.3 Å². The van der Waals surface area contributed by atoms with Gasteiger partial charge in [-0.15, -0.1) is 0 Å². The largest absolute Gasteiger partial charge is 0.480 e. The second-order valence-electron chi connectivity index (χ2n) is 4.86. The highest BCUT2D eigenvalue weighted by atomic mass is 32.2. The zero-order valence-corrected chi connectivity index (χ0v) is 11.5. The Kier molecular flexibility index (Phi) is 3.91. The maximum absolute atomic E-state index is 12.3. The van der Waals surface area contributed by atoms with Crippen LogP contribution >= 0.6 is 0 Å². The molecule has 0 radical (unpaired) electrons. The number of hydrogen-bond donors (Lipinski definition) is 1. The van der Waals surface area contributed by atoms with Crippen LogP contribution in [-0.2, 0) is 21.4 Å². The van der Waals surface area contributed by atoms with Crippen molar-refractivity contribution in [3.05, 3.63) is 12.5 Å². The first kappa shape index (κ1) is 14.0. The molecule has 0 bridgehead atoms. The highest BCUT2D eigenvalue weighted by Gasteiger charge is 2.29. The summed E-state index contributed by atoms with van der Waals surface area (Å²) in [5, 5.41) is 8.57. The highest BCUT2D eigenvalue weighted by molar-refractivity contribution is 7.89. The summed E-state index contributed by atoms with van der Waals surface area (Å²) < 4.78 is 27.3. The van der Waals surface area contributed by atoms with Gasteiger partial charge in [0.25, 0.3) is 10.0 Å². The first-order chi connectivity index (χ1) is 8.89. The summed E-state index contributed by atoms with van der Waals surface area (Å²) in [4.78, 5) is 14.4. The molecule has 1 saturated heterocycles. The van der Waals surface area contributed by atoms with Crippen LogP contribution in [0.5, 0.6) is 0 Å². The van der Waals surface area contributed by atoms with Crippen LogP contribution in [0.2, 0.25) is 0 Å². The lowest BCUT2D eigenvalue weighted by Gasteiger charge is -2.28. The number of hydrogen-bond acceptors (Lipinski definition) is 4. The first-order valence-corrected chi connectivity index (χ1v) is 7.57. The fourth-order valence-corrected chi connectivity index (χ4v) is 3.48. The fourth-order valence-electron chi connectivity index (χ4n) is 2.07. The molecule has 106 valence electrons. The van der Waals surface area contributed by atoms with Crippen LogP contribution in [0.15, 0.2) is 17.6 Å². The van der Waals surface area contributed by atoms with Crippen molar-refractivity contribution in [3.63, 3.8) is 0 Å². The van der Waals surface area contributed by atoms with E-state index in [4.69, 9.17) is 5.11 Å². The molecule has 0 aromatic carbocycles. The summed E-state index contributed by atoms with van der Waals surface area (Å²) in [6.07, 6.45) is 4.18. The number of sulfonamides is 1. The second kappa shape index (κ2) is 5.30. The molecule has 7 nitrogen and oxygen atoms in total. The Morgan fingerprint density at radius 3 is 2.68 bits per heavy atom. The second-order valence-corrected chi connectivity index (χ2v) is 6.75. The Labute approximate surface area is 111 Å². The Bertz CT molecular complexity index is 558. The molecule has 19 heavy (non-hydrogen) atoms. The van der Waals surface area contributed by atoms with Gasteiger partial charge in [0, 0.05) is 19.3 Å². The van der Waals surface area contributed by atoms with Gasteiger partial charge < -0.3 is 9.67 Å². The lowest BCUT2D eigenvalue weighted by atomic mass is 10.0. The summed E-state index contributed by atoms with van der Waals surface area (Å²) in [5.41, 5.74) is 0. The number of imidazole rings is 1. The Morgan fingerprint density at radius 1 is 1.47 bits per heavy atom. The minimum Gasteiger partial charge on any atom is -0.480 e. The number of aromatic nitrogens is 2. The predicted octanol–water partition coefficient (Wildman–Crippen LogP) is 0.388. The molecule has 1 aliphatic rings. The van der Waals surface area contributed by atoms with E-state index in [1.807, 2.05) is 0 Å². The van der Waals surface area contributed by atoms with Crippen LogP contribution in [0.1, 0.15) is 19.8 Å². The number of carbonyl (C=O) groups is 1. The van der Waals surface area contributed by atoms with Crippen LogP contribution < -0.4 is 0 Å². The summed E-state index contributed by atoms with van der Waals surface area (Å²) in [6, 6.07) is 0. The number of aliphatic carboxylic acids is 1. The summed E-state index contributed by atoms with van der Waals surface area (Å²) in [5.74, 6) is -0.496. The van der Waals surface area contributed by atoms with Gasteiger partial charge in [0.1, 0.15) is 6.54 Å². The van der Waals surface area contributed by atoms with Gasteiger partial charge in [-0.25, -0.2) is 13.4 Å². The Morgan fingerprint density at radius 2 is 2.11 bits per heavy atom. The topological polar surface area (TPSA) is 92.5 Å². The van der Waals surface area contributed by atoms with Crippen molar-refractivity contribution in [1.82, 2.24) is 13.9 Å². The SMILES string of the molecule is CC1CCN(S(=O)(=O)c2cn(CC(=O)O)cn2)CC1. The predicted molar refractivity (Wildman–Crippen MR) is 67.0 cm³/mol. The monoisotopic (exact) mass is 287 g/mol. The van der Waals surface area contributed by atoms with E-state index in [1.165, 1.54) is 21.4 Å². The molecule has 0 unspecified atom stereocenters. The van der Waals surface area contributed by atoms with E-state index >= 15 is 0 Å². The molecule has 1 fully saturated rings. The molecular weight excluding hydrogens is 270 g/mol. The summed E-state index contributed by atoms with van der Waals surface area (Å²) in [6.45, 7) is 2.80. The van der Waals surface area contributed by atoms with Gasteiger partial charge in [-0.05, 0) is 18.8 Å². The number of nitrogens with zero attached hydrogens (tertiary/aromatic N) is 3. The van der Waals surface area contributed by atoms with Gasteiger partial charge in [0.05, 0.1) is 6.33 Å². The molecular formula is C11H17N3O4S. The molecule has 1 aromatic rings. The van der Waals surface area contributed by atoms with Gasteiger partial charge in [-0.1, -0.05) is 6.92 Å². The lowest BCUT2D eigenvalue weighted by molar-refractivity contribution is -0.137. The van der Waals surface area contributed by atoms with Crippen molar-refractivity contribution >= 4 is 16.0 Å². The average Bonchev–Trinajstić information content (AvgIpc) is 2.78. The van der Waals surface area contributed by atoms with Crippen LogP contribution in [0.25, 0.3) is 0 Å². The van der Waals surface area contributed by atoms with Crippen LogP contribution in [0, 0.1) is 5.92 Å². The number of carboxylic acids is 1. The van der Waals surface area contributed by atoms with Crippen molar-refractivity contribution in [2.24, 2.45) is 5.92 Å². The van der Waals surface area contributed by atoms with E-state index in [0.29, 0.717) is 19.0 Å². The minimum atomic E-state index is -3.59. The van der Waals surface area contributed by atoms with Crippen molar-refractivity contribution in [3.8, 4) is 0 Å². The van der Waals surface area contributed by atoms with E-state index in [0.717, 1.165) is 12.8 Å². The van der Waals surface area contributed by atoms with E-state index in [1.54, 1.807) is 0 Å². The zero-order chi connectivity index (χ0) is 14.0. The Balaban J connectivity index is 2.15. The zero-order valence-electron chi connectivity index (χ0n) is 10.7. The van der Waals surface area contributed by atoms with Gasteiger partial charge in [-0.2, -0.15) is 4.31 Å². The van der Waals surface area contributed by atoms with Crippen molar-refractivity contribution < 1.29 is 18.3 Å². The molecule has 8 heteroatoms. The number of carboxylic acid groups (broad SMARTS) is 1. The van der Waals surface area contributed by atoms with Crippen molar-refractivity contribution in [1.29, 1.82) is 0 Å². The summed E-state index contributed by atoms with van der Waals surface area (Å²) in [7, 11) is -3.59. The van der Waals surface area contributed by atoms with Gasteiger partial charge >= 0.3 is 5.97 Å². The van der Waals surface area contributed by atoms with Crippen LogP contribution in [0.3, 0.4) is 0 Å². The summed E-state index contributed by atoms with van der Waals surface area (Å²) >= 11 is 0. The maximum Gasteiger partial charge on any atom is 0.323 e. The molecule has 1 aliphatic heterocycles. The molecule has 2 rings (SSSR count). The molecule has 0 amide bonds. The molecule has 0 spiro atoms. The number of piperidine rings is 1. The average molecular weight is 287 g/mol. The first-order valence-electron chi connectivity index (χ1n) is 6.13. The minimum absolute atomic E-state index is 0.0803. The highest BCUT2D eigenvalue weighted by Crippen LogP contribution is 2.22. The molecule has 0 atom stereocenters. The van der Waals surface area contributed by atoms with E-state index < -0.39 is 16.0 Å². The standard InChI is InChI=1S/C11H17N3O4S/c1-9-2-4-14(5-3-9)19(17,18)10-6-13(8-12-10)7-11(15)16/h6,8-9H,2-5,7H2,1H3,(H,15,16). The van der Waals surface area contributed by atoms with E-state index in [2.05, 4.69) is 11.9 Å². The maximum atomic E-state index is 12.3. The van der Waals surface area contributed by atoms with Crippen LogP contribution in [0.4, 0.5) is 0 Å². The van der Waals surface area contributed by atoms with Gasteiger partial charge in [-0.3, -0.25) is 4.79 Å². The lowest BCUT2D eigenvalue weighted by Crippen LogP contribution is -2.38. The number of rotatable bonds is 4. The molecule has 0 saturated carbocycles. The van der Waals surface area contributed by atoms with Crippen LogP contribution in [-0.4, -0.2) is 46.4 Å². The van der Waals surface area contributed by atoms with E-state index in [-0.39, 0.29) is 11.6 Å². The normalized spacial score (nSPS) is 18.6. The third-order valence-corrected chi connectivity index (χ3v) is 5.06. The van der Waals surface area contributed by atoms with Gasteiger partial charge in [0.2, 0.25) is 0 Å². The molecule has 2 heterocycles. The molecule has 1 aromatic heterocycles. The van der Waals surface area contributed by atoms with Crippen molar-refractivity contribution in [2.75, 3.05) is 13.1 Å².